The normalized spacial score (nSPS) is 14.3. The van der Waals surface area contributed by atoms with Crippen molar-refractivity contribution < 1.29 is 4.21 Å². The summed E-state index contributed by atoms with van der Waals surface area (Å²) in [6.07, 6.45) is 15.8. The number of unbranched alkanes of at least 4 members (excludes halogenated alkanes) is 4. The Balaban J connectivity index is 5.10. The summed E-state index contributed by atoms with van der Waals surface area (Å²) in [7, 11) is 3.56. The van der Waals surface area contributed by atoms with Gasteiger partial charge in [-0.1, -0.05) is 0 Å². The quantitative estimate of drug-likeness (QED) is 0.311. The maximum atomic E-state index is 6.27. The second-order valence-electron chi connectivity index (χ2n) is 6.26. The maximum absolute atomic E-state index is 6.27. The van der Waals surface area contributed by atoms with E-state index < -0.39 is 6.83 Å². The summed E-state index contributed by atoms with van der Waals surface area (Å²) in [5.41, 5.74) is 0. The molecule has 3 radical (unpaired) electrons. The summed E-state index contributed by atoms with van der Waals surface area (Å²) < 4.78 is 6.27. The third kappa shape index (κ3) is 6.27. The van der Waals surface area contributed by atoms with Crippen molar-refractivity contribution in [3.8, 4) is 0 Å². The molecule has 0 saturated heterocycles. The van der Waals surface area contributed by atoms with Crippen molar-refractivity contribution in [3.63, 3.8) is 0 Å². The molecule has 0 aliphatic carbocycles. The average Bonchev–Trinajstić information content (AvgIpc) is 2.47. The van der Waals surface area contributed by atoms with Crippen LogP contribution in [0.5, 0.6) is 0 Å². The third-order valence-corrected chi connectivity index (χ3v) is 12.4. The zero-order valence-electron chi connectivity index (χ0n) is 13.8. The van der Waals surface area contributed by atoms with E-state index in [9.17, 15) is 0 Å². The second-order valence-corrected chi connectivity index (χ2v) is 12.5. The first-order valence-electron chi connectivity index (χ1n) is 8.48. The zero-order chi connectivity index (χ0) is 14.6. The van der Waals surface area contributed by atoms with Gasteiger partial charge in [0, 0.05) is 0 Å². The van der Waals surface area contributed by atoms with Crippen molar-refractivity contribution in [3.05, 3.63) is 0 Å². The van der Waals surface area contributed by atoms with Gasteiger partial charge in [-0.3, -0.25) is 0 Å². The molecule has 0 aromatic rings. The monoisotopic (exact) mass is 303 g/mol. The van der Waals surface area contributed by atoms with Crippen LogP contribution in [0.25, 0.3) is 0 Å². The van der Waals surface area contributed by atoms with Crippen LogP contribution in [-0.2, 0) is 4.21 Å². The first-order valence-corrected chi connectivity index (χ1v) is 11.8. The number of hydrogen-bond acceptors (Lipinski definition) is 1. The van der Waals surface area contributed by atoms with Crippen LogP contribution in [0.15, 0.2) is 0 Å². The van der Waals surface area contributed by atoms with E-state index in [2.05, 4.69) is 38.2 Å². The Labute approximate surface area is 125 Å². The van der Waals surface area contributed by atoms with Gasteiger partial charge in [-0.2, -0.15) is 0 Å². The van der Waals surface area contributed by atoms with Crippen LogP contribution in [0.4, 0.5) is 0 Å². The molecular formula is C16H36OPSi. The molecule has 115 valence electrons. The summed E-state index contributed by atoms with van der Waals surface area (Å²) in [5.74, 6) is 0. The Morgan fingerprint density at radius 3 is 1.05 bits per heavy atom. The molecule has 0 unspecified atom stereocenters. The van der Waals surface area contributed by atoms with Crippen molar-refractivity contribution in [2.45, 2.75) is 79.1 Å². The Bertz CT molecular complexity index is 177. The van der Waals surface area contributed by atoms with Gasteiger partial charge in [0.15, 0.2) is 0 Å². The predicted octanol–water partition coefficient (Wildman–Crippen LogP) is 5.76. The van der Waals surface area contributed by atoms with E-state index in [0.717, 1.165) is 0 Å². The molecule has 0 saturated carbocycles. The first kappa shape index (κ1) is 19.6. The van der Waals surface area contributed by atoms with Crippen LogP contribution in [0.1, 0.15) is 79.1 Å². The minimum atomic E-state index is -1.97. The molecule has 0 aromatic carbocycles. The minimum absolute atomic E-state index is 1.29. The topological polar surface area (TPSA) is 9.23 Å². The molecule has 0 atom stereocenters. The van der Waals surface area contributed by atoms with Crippen LogP contribution in [-0.4, -0.2) is 35.1 Å². The molecule has 1 nitrogen and oxygen atoms in total. The standard InChI is InChI=1S/C16H36OPSi/c1-5-9-13-18(17-19,14-10-6-2,15-11-7-3)16-12-8-4/h5-16H2,1-4H3. The van der Waals surface area contributed by atoms with Gasteiger partial charge in [0.05, 0.1) is 0 Å². The fourth-order valence-corrected chi connectivity index (χ4v) is 10.4. The van der Waals surface area contributed by atoms with Crippen molar-refractivity contribution in [1.82, 2.24) is 0 Å². The first-order chi connectivity index (χ1) is 9.12. The molecule has 0 aromatic heterocycles. The van der Waals surface area contributed by atoms with Gasteiger partial charge in [-0.25, -0.2) is 0 Å². The van der Waals surface area contributed by atoms with Gasteiger partial charge in [-0.15, -0.1) is 0 Å². The molecule has 0 fully saturated rings. The van der Waals surface area contributed by atoms with Gasteiger partial charge in [-0.05, 0) is 0 Å². The van der Waals surface area contributed by atoms with E-state index in [1.165, 1.54) is 76.0 Å². The fraction of sp³-hybridized carbons (Fsp3) is 1.00. The van der Waals surface area contributed by atoms with E-state index >= 15 is 0 Å². The van der Waals surface area contributed by atoms with Crippen molar-refractivity contribution in [2.24, 2.45) is 0 Å². The van der Waals surface area contributed by atoms with Gasteiger partial charge in [0.2, 0.25) is 0 Å². The number of hydrogen-bond donors (Lipinski definition) is 0. The predicted molar refractivity (Wildman–Crippen MR) is 92.9 cm³/mol. The van der Waals surface area contributed by atoms with Crippen LogP contribution in [0.3, 0.4) is 0 Å². The van der Waals surface area contributed by atoms with E-state index in [4.69, 9.17) is 4.21 Å². The van der Waals surface area contributed by atoms with Gasteiger partial charge in [0.1, 0.15) is 0 Å². The van der Waals surface area contributed by atoms with E-state index in [-0.39, 0.29) is 0 Å². The van der Waals surface area contributed by atoms with Gasteiger partial charge >= 0.3 is 125 Å². The van der Waals surface area contributed by atoms with Crippen LogP contribution >= 0.6 is 6.83 Å². The number of rotatable bonds is 13. The summed E-state index contributed by atoms with van der Waals surface area (Å²) >= 11 is 0. The third-order valence-electron chi connectivity index (χ3n) is 4.57. The van der Waals surface area contributed by atoms with Gasteiger partial charge < -0.3 is 0 Å². The molecule has 0 rings (SSSR count). The molecule has 0 aliphatic heterocycles. The van der Waals surface area contributed by atoms with Crippen molar-refractivity contribution >= 4 is 17.3 Å². The molecule has 0 spiro atoms. The molecule has 0 bridgehead atoms. The Morgan fingerprint density at radius 1 is 0.632 bits per heavy atom. The molecule has 3 heteroatoms. The zero-order valence-corrected chi connectivity index (χ0v) is 15.7. The average molecular weight is 304 g/mol. The molecule has 0 amide bonds. The van der Waals surface area contributed by atoms with E-state index in [0.29, 0.717) is 0 Å². The van der Waals surface area contributed by atoms with Crippen molar-refractivity contribution in [1.29, 1.82) is 0 Å². The van der Waals surface area contributed by atoms with Crippen molar-refractivity contribution in [2.75, 3.05) is 24.6 Å². The molecule has 19 heavy (non-hydrogen) atoms. The van der Waals surface area contributed by atoms with Gasteiger partial charge in [0.25, 0.3) is 0 Å². The summed E-state index contributed by atoms with van der Waals surface area (Å²) in [4.78, 5) is 0. The van der Waals surface area contributed by atoms with E-state index in [1.54, 1.807) is 0 Å². The molecular weight excluding hydrogens is 267 g/mol. The SMILES string of the molecule is CCCCP(CCCC)(CCCC)(CCCC)O[Si]. The molecule has 0 aliphatic rings. The van der Waals surface area contributed by atoms with Crippen LogP contribution in [0.2, 0.25) is 0 Å². The van der Waals surface area contributed by atoms with Crippen LogP contribution < -0.4 is 0 Å². The summed E-state index contributed by atoms with van der Waals surface area (Å²) in [5, 5.41) is 0. The Hall–Kier alpha value is 0.607. The fourth-order valence-electron chi connectivity index (χ4n) is 3.09. The molecule has 0 heterocycles. The van der Waals surface area contributed by atoms with Crippen LogP contribution in [0, 0.1) is 0 Å². The summed E-state index contributed by atoms with van der Waals surface area (Å²) in [6.45, 7) is 7.24. The van der Waals surface area contributed by atoms with E-state index in [1.807, 2.05) is 0 Å². The molecule has 0 N–H and O–H groups in total. The second kappa shape index (κ2) is 10.4. The Kier molecular flexibility index (Phi) is 10.7. The summed E-state index contributed by atoms with van der Waals surface area (Å²) in [6, 6.07) is 0. The Morgan fingerprint density at radius 2 is 0.895 bits per heavy atom.